The van der Waals surface area contributed by atoms with E-state index in [9.17, 15) is 13.6 Å². The molecule has 3 atom stereocenters. The van der Waals surface area contributed by atoms with Crippen molar-refractivity contribution in [2.24, 2.45) is 0 Å². The molecule has 13 heteroatoms. The minimum atomic E-state index is -0.594. The van der Waals surface area contributed by atoms with Crippen LogP contribution < -0.4 is 9.64 Å². The van der Waals surface area contributed by atoms with Crippen molar-refractivity contribution in [2.75, 3.05) is 45.2 Å². The number of benzene rings is 1. The van der Waals surface area contributed by atoms with E-state index in [0.29, 0.717) is 49.0 Å². The largest absolute Gasteiger partial charge is 0.467 e. The summed E-state index contributed by atoms with van der Waals surface area (Å²) in [5.41, 5.74) is 3.76. The number of aromatic nitrogens is 5. The molecule has 4 fully saturated rings. The van der Waals surface area contributed by atoms with E-state index in [0.717, 1.165) is 48.7 Å². The van der Waals surface area contributed by atoms with Gasteiger partial charge < -0.3 is 14.5 Å². The van der Waals surface area contributed by atoms with Crippen LogP contribution in [0.2, 0.25) is 0 Å². The van der Waals surface area contributed by atoms with Gasteiger partial charge in [-0.25, -0.2) is 23.1 Å². The van der Waals surface area contributed by atoms with Crippen molar-refractivity contribution >= 4 is 28.7 Å². The minimum absolute atomic E-state index is 0.0445. The van der Waals surface area contributed by atoms with Gasteiger partial charge in [0.15, 0.2) is 11.6 Å². The molecule has 10 nitrogen and oxygen atoms in total. The number of anilines is 1. The van der Waals surface area contributed by atoms with Crippen molar-refractivity contribution in [2.45, 2.75) is 83.0 Å². The fraction of sp³-hybridized carbons (Fsp3) is 0.487. The first-order valence-corrected chi connectivity index (χ1v) is 18.0. The summed E-state index contributed by atoms with van der Waals surface area (Å²) in [5, 5.41) is 0.458. The van der Waals surface area contributed by atoms with Crippen LogP contribution in [-0.2, 0) is 4.79 Å². The van der Waals surface area contributed by atoms with E-state index in [1.807, 2.05) is 24.1 Å². The molecule has 3 aromatic heterocycles. The fourth-order valence-electron chi connectivity index (χ4n) is 8.05. The van der Waals surface area contributed by atoms with Gasteiger partial charge in [0.25, 0.3) is 0 Å². The molecule has 274 valence electrons. The van der Waals surface area contributed by atoms with Gasteiger partial charge in [-0.1, -0.05) is 18.2 Å². The molecule has 1 amide bonds. The van der Waals surface area contributed by atoms with Crippen LogP contribution in [0.25, 0.3) is 28.2 Å². The Morgan fingerprint density at radius 3 is 2.62 bits per heavy atom. The van der Waals surface area contributed by atoms with Crippen molar-refractivity contribution < 1.29 is 22.7 Å². The van der Waals surface area contributed by atoms with Crippen LogP contribution in [0.3, 0.4) is 0 Å². The third kappa shape index (κ3) is 7.07. The highest BCUT2D eigenvalue weighted by molar-refractivity contribution is 5.93. The van der Waals surface area contributed by atoms with E-state index < -0.39 is 17.8 Å². The zero-order valence-electron chi connectivity index (χ0n) is 30.4. The standard InChI is InChI=1S/C31H31F2N7O2.C8H14FN/c1-17-6-5-7-21(26(17)19-8-9-19)28-27(33)29-22(14-35-28)30(38-31(37-29)42-4)39(3)20-12-13-40(16-20)25(41)11-10-24-23(32)15-34-18(2)36-24;1-8-3-2-4-10(8)6-7(9)5-8/h5-7,10-11,14-15,19-20H,8-9,12-13,16H2,1-4H3;7H,2-6H2,1H3/b11-10+;. The molecule has 0 radical (unpaired) electrons. The molecular formula is C39H45F3N8O2. The number of rotatable bonds is 7. The summed E-state index contributed by atoms with van der Waals surface area (Å²) >= 11 is 0. The van der Waals surface area contributed by atoms with Crippen molar-refractivity contribution in [3.05, 3.63) is 70.9 Å². The Hall–Kier alpha value is -4.65. The Morgan fingerprint density at radius 2 is 1.87 bits per heavy atom. The van der Waals surface area contributed by atoms with Gasteiger partial charge in [0, 0.05) is 56.1 Å². The number of alkyl halides is 1. The predicted octanol–water partition coefficient (Wildman–Crippen LogP) is 6.60. The van der Waals surface area contributed by atoms with Gasteiger partial charge >= 0.3 is 6.01 Å². The number of aryl methyl sites for hydroxylation is 2. The highest BCUT2D eigenvalue weighted by Crippen LogP contribution is 2.46. The minimum Gasteiger partial charge on any atom is -0.467 e. The summed E-state index contributed by atoms with van der Waals surface area (Å²) in [5.74, 6) is -0.0614. The molecule has 0 N–H and O–H groups in total. The second-order valence-corrected chi connectivity index (χ2v) is 14.7. The van der Waals surface area contributed by atoms with Crippen LogP contribution in [0, 0.1) is 25.5 Å². The normalized spacial score (nSPS) is 22.9. The molecule has 4 aromatic rings. The van der Waals surface area contributed by atoms with Crippen LogP contribution in [-0.4, -0.2) is 98.7 Å². The van der Waals surface area contributed by atoms with Gasteiger partial charge in [0.05, 0.1) is 18.7 Å². The zero-order chi connectivity index (χ0) is 36.7. The van der Waals surface area contributed by atoms with E-state index in [4.69, 9.17) is 4.74 Å². The van der Waals surface area contributed by atoms with Crippen LogP contribution >= 0.6 is 0 Å². The smallest absolute Gasteiger partial charge is 0.318 e. The number of likely N-dealkylation sites (tertiary alicyclic amines) is 1. The van der Waals surface area contributed by atoms with Crippen LogP contribution in [0.4, 0.5) is 19.0 Å². The lowest BCUT2D eigenvalue weighted by Gasteiger charge is -2.27. The number of hydrogen-bond donors (Lipinski definition) is 0. The van der Waals surface area contributed by atoms with Crippen molar-refractivity contribution in [3.8, 4) is 17.3 Å². The lowest BCUT2D eigenvalue weighted by Crippen LogP contribution is -2.36. The van der Waals surface area contributed by atoms with Gasteiger partial charge in [0.1, 0.15) is 34.7 Å². The van der Waals surface area contributed by atoms with Crippen molar-refractivity contribution in [3.63, 3.8) is 0 Å². The molecule has 1 saturated carbocycles. The topological polar surface area (TPSA) is 100 Å². The van der Waals surface area contributed by atoms with E-state index in [1.54, 1.807) is 18.0 Å². The molecule has 8 rings (SSSR count). The maximum atomic E-state index is 16.2. The second-order valence-electron chi connectivity index (χ2n) is 14.7. The summed E-state index contributed by atoms with van der Waals surface area (Å²) in [6, 6.07) is 5.83. The predicted molar refractivity (Wildman–Crippen MR) is 194 cm³/mol. The number of ether oxygens (including phenoxy) is 1. The monoisotopic (exact) mass is 714 g/mol. The number of likely N-dealkylation sites (N-methyl/N-ethyl adjacent to an activating group) is 1. The Labute approximate surface area is 302 Å². The van der Waals surface area contributed by atoms with Crippen molar-refractivity contribution in [1.29, 1.82) is 0 Å². The van der Waals surface area contributed by atoms with Gasteiger partial charge in [-0.2, -0.15) is 9.97 Å². The molecule has 4 aliphatic rings. The first-order valence-electron chi connectivity index (χ1n) is 18.0. The summed E-state index contributed by atoms with van der Waals surface area (Å²) in [7, 11) is 3.30. The van der Waals surface area contributed by atoms with E-state index in [2.05, 4.69) is 49.7 Å². The fourth-order valence-corrected chi connectivity index (χ4v) is 8.05. The summed E-state index contributed by atoms with van der Waals surface area (Å²) < 4.78 is 48.4. The Bertz CT molecular complexity index is 2020. The number of methoxy groups -OCH3 is 1. The molecular weight excluding hydrogens is 669 g/mol. The van der Waals surface area contributed by atoms with Crippen LogP contribution in [0.5, 0.6) is 6.01 Å². The SMILES string of the molecule is CC12CCCN1CC(F)C2.COc1nc(N(C)C2CCN(C(=O)/C=C/c3nc(C)ncc3F)C2)c2cnc(-c3cccc(C)c3C3CC3)c(F)c2n1. The van der Waals surface area contributed by atoms with E-state index in [-0.39, 0.29) is 40.4 Å². The molecule has 0 spiro atoms. The summed E-state index contributed by atoms with van der Waals surface area (Å²) in [6.45, 7) is 8.61. The quantitative estimate of drug-likeness (QED) is 0.196. The van der Waals surface area contributed by atoms with Crippen LogP contribution in [0.15, 0.2) is 36.7 Å². The average molecular weight is 715 g/mol. The second kappa shape index (κ2) is 14.4. The maximum absolute atomic E-state index is 16.2. The molecule has 1 aromatic carbocycles. The number of fused-ring (bicyclic) bond motifs is 2. The van der Waals surface area contributed by atoms with Gasteiger partial charge in [-0.15, -0.1) is 0 Å². The first-order chi connectivity index (χ1) is 25.0. The number of halogens is 3. The number of hydrogen-bond acceptors (Lipinski definition) is 9. The number of pyridine rings is 1. The van der Waals surface area contributed by atoms with Gasteiger partial charge in [-0.05, 0) is 89.0 Å². The van der Waals surface area contributed by atoms with Crippen LogP contribution in [0.1, 0.15) is 74.0 Å². The molecule has 0 bridgehead atoms. The number of carbonyl (C=O) groups is 1. The molecule has 1 aliphatic carbocycles. The number of carbonyl (C=O) groups excluding carboxylic acids is 1. The lowest BCUT2D eigenvalue weighted by atomic mass is 9.95. The van der Waals surface area contributed by atoms with Gasteiger partial charge in [-0.3, -0.25) is 14.7 Å². The molecule has 52 heavy (non-hydrogen) atoms. The molecule has 3 unspecified atom stereocenters. The molecule has 6 heterocycles. The Kier molecular flexibility index (Phi) is 9.90. The zero-order valence-corrected chi connectivity index (χ0v) is 30.4. The number of nitrogens with zero attached hydrogens (tertiary/aromatic N) is 8. The lowest BCUT2D eigenvalue weighted by molar-refractivity contribution is -0.124. The summed E-state index contributed by atoms with van der Waals surface area (Å²) in [4.78, 5) is 40.2. The van der Waals surface area contributed by atoms with Gasteiger partial charge in [0.2, 0.25) is 5.91 Å². The third-order valence-electron chi connectivity index (χ3n) is 11.0. The van der Waals surface area contributed by atoms with E-state index >= 15 is 4.39 Å². The highest BCUT2D eigenvalue weighted by atomic mass is 19.1. The first kappa shape index (κ1) is 35.7. The molecule has 3 saturated heterocycles. The van der Waals surface area contributed by atoms with Crippen molar-refractivity contribution in [1.82, 2.24) is 34.7 Å². The molecule has 3 aliphatic heterocycles. The summed E-state index contributed by atoms with van der Waals surface area (Å²) in [6.07, 6.45) is 10.9. The Balaban J connectivity index is 0.000000360. The van der Waals surface area contributed by atoms with E-state index in [1.165, 1.54) is 32.1 Å². The Morgan fingerprint density at radius 1 is 1.06 bits per heavy atom. The maximum Gasteiger partial charge on any atom is 0.318 e. The average Bonchev–Trinajstić information content (AvgIpc) is 3.60. The highest BCUT2D eigenvalue weighted by Gasteiger charge is 2.44. The number of amides is 1. The third-order valence-corrected chi connectivity index (χ3v) is 11.0.